The number of nitrogens with two attached hydrogens (primary N) is 1. The molecule has 0 radical (unpaired) electrons. The van der Waals surface area contributed by atoms with Gasteiger partial charge in [-0.25, -0.2) is 13.6 Å². The van der Waals surface area contributed by atoms with Gasteiger partial charge in [-0.2, -0.15) is 0 Å². The summed E-state index contributed by atoms with van der Waals surface area (Å²) >= 11 is 6.25. The Morgan fingerprint density at radius 3 is 2.48 bits per heavy atom. The van der Waals surface area contributed by atoms with Gasteiger partial charge in [-0.15, -0.1) is 0 Å². The normalized spacial score (nSPS) is 18.6. The average molecular weight is 383 g/mol. The van der Waals surface area contributed by atoms with Crippen molar-refractivity contribution >= 4 is 21.6 Å². The van der Waals surface area contributed by atoms with E-state index >= 15 is 0 Å². The molecule has 0 saturated carbocycles. The summed E-state index contributed by atoms with van der Waals surface area (Å²) < 4.78 is 22.9. The molecule has 0 amide bonds. The number of aromatic hydroxyl groups is 2. The number of hydrogen-bond donors (Lipinski definition) is 3. The first-order chi connectivity index (χ1) is 11.7. The molecule has 0 aromatic heterocycles. The molecule has 0 spiro atoms. The van der Waals surface area contributed by atoms with E-state index in [1.165, 1.54) is 18.2 Å². The molecule has 2 aromatic rings. The highest BCUT2D eigenvalue weighted by molar-refractivity contribution is 7.89. The summed E-state index contributed by atoms with van der Waals surface area (Å²) in [5.41, 5.74) is 2.50. The first-order valence-electron chi connectivity index (χ1n) is 7.73. The molecule has 2 aromatic carbocycles. The van der Waals surface area contributed by atoms with Gasteiger partial charge in [0.05, 0.1) is 9.92 Å². The average Bonchev–Trinajstić information content (AvgIpc) is 2.71. The third-order valence-corrected chi connectivity index (χ3v) is 5.92. The van der Waals surface area contributed by atoms with Gasteiger partial charge >= 0.3 is 0 Å². The van der Waals surface area contributed by atoms with Gasteiger partial charge in [0.25, 0.3) is 0 Å². The number of phenols is 2. The van der Waals surface area contributed by atoms with Crippen molar-refractivity contribution in [2.45, 2.75) is 17.2 Å². The molecule has 4 N–H and O–H groups in total. The third-order valence-electron chi connectivity index (χ3n) is 4.58. The standard InChI is InChI=1S/C17H19ClN2O4S/c1-20-7-6-12-13(8-15(21)17(22)16(12)18)14(9-20)10-2-4-11(5-3-10)25(19,23)24/h2-5,8,14,21-22H,6-7,9H2,1H3,(H2,19,23,24). The molecule has 25 heavy (non-hydrogen) atoms. The van der Waals surface area contributed by atoms with Crippen LogP contribution in [-0.2, 0) is 16.4 Å². The number of nitrogens with zero attached hydrogens (tertiary/aromatic N) is 1. The van der Waals surface area contributed by atoms with Crippen LogP contribution in [0.2, 0.25) is 5.02 Å². The lowest BCUT2D eigenvalue weighted by atomic mass is 9.87. The first-order valence-corrected chi connectivity index (χ1v) is 9.65. The van der Waals surface area contributed by atoms with E-state index in [-0.39, 0.29) is 27.3 Å². The van der Waals surface area contributed by atoms with Crippen LogP contribution in [0.25, 0.3) is 0 Å². The zero-order valence-electron chi connectivity index (χ0n) is 13.6. The van der Waals surface area contributed by atoms with Gasteiger partial charge in [-0.05, 0) is 48.4 Å². The van der Waals surface area contributed by atoms with Crippen LogP contribution in [-0.4, -0.2) is 43.7 Å². The number of hydrogen-bond acceptors (Lipinski definition) is 5. The minimum Gasteiger partial charge on any atom is -0.504 e. The Labute approximate surface area is 151 Å². The van der Waals surface area contributed by atoms with Gasteiger partial charge in [0.1, 0.15) is 0 Å². The van der Waals surface area contributed by atoms with Gasteiger partial charge in [0.15, 0.2) is 11.5 Å². The van der Waals surface area contributed by atoms with E-state index in [1.54, 1.807) is 12.1 Å². The van der Waals surface area contributed by atoms with Crippen LogP contribution in [0.15, 0.2) is 35.2 Å². The summed E-state index contributed by atoms with van der Waals surface area (Å²) in [5.74, 6) is -0.700. The smallest absolute Gasteiger partial charge is 0.238 e. The van der Waals surface area contributed by atoms with Crippen LogP contribution in [0.5, 0.6) is 11.5 Å². The summed E-state index contributed by atoms with van der Waals surface area (Å²) in [6.45, 7) is 1.42. The van der Waals surface area contributed by atoms with Crippen LogP contribution < -0.4 is 5.14 Å². The number of rotatable bonds is 2. The Balaban J connectivity index is 2.13. The molecule has 1 unspecified atom stereocenters. The number of likely N-dealkylation sites (N-methyl/N-ethyl adjacent to an activating group) is 1. The molecule has 1 aliphatic rings. The summed E-state index contributed by atoms with van der Waals surface area (Å²) in [6, 6.07) is 7.90. The van der Waals surface area contributed by atoms with Crippen LogP contribution in [0, 0.1) is 0 Å². The number of primary sulfonamides is 1. The van der Waals surface area contributed by atoms with Crippen LogP contribution in [0.1, 0.15) is 22.6 Å². The van der Waals surface area contributed by atoms with Crippen molar-refractivity contribution in [3.8, 4) is 11.5 Å². The SMILES string of the molecule is CN1CCc2c(cc(O)c(O)c2Cl)C(c2ccc(S(N)(=O)=O)cc2)C1. The molecule has 0 fully saturated rings. The van der Waals surface area contributed by atoms with Crippen LogP contribution in [0.4, 0.5) is 0 Å². The Bertz CT molecular complexity index is 913. The number of halogens is 1. The summed E-state index contributed by atoms with van der Waals surface area (Å²) in [6.07, 6.45) is 0.643. The highest BCUT2D eigenvalue weighted by atomic mass is 35.5. The number of sulfonamides is 1. The fourth-order valence-corrected chi connectivity index (χ4v) is 4.04. The maximum atomic E-state index is 11.4. The predicted octanol–water partition coefficient (Wildman–Crippen LogP) is 2.02. The van der Waals surface area contributed by atoms with Crippen molar-refractivity contribution in [1.82, 2.24) is 4.90 Å². The molecule has 1 aliphatic heterocycles. The summed E-state index contributed by atoms with van der Waals surface area (Å²) in [7, 11) is -1.78. The Hall–Kier alpha value is -1.80. The Morgan fingerprint density at radius 2 is 1.88 bits per heavy atom. The van der Waals surface area contributed by atoms with Gasteiger partial charge in [-0.3, -0.25) is 0 Å². The lowest BCUT2D eigenvalue weighted by Gasteiger charge is -2.22. The van der Waals surface area contributed by atoms with Gasteiger partial charge in [-0.1, -0.05) is 23.7 Å². The van der Waals surface area contributed by atoms with Crippen molar-refractivity contribution in [1.29, 1.82) is 0 Å². The Morgan fingerprint density at radius 1 is 1.24 bits per heavy atom. The monoisotopic (exact) mass is 382 g/mol. The number of phenolic OH excluding ortho intramolecular Hbond substituents is 2. The van der Waals surface area contributed by atoms with E-state index < -0.39 is 10.0 Å². The van der Waals surface area contributed by atoms with Gasteiger partial charge < -0.3 is 15.1 Å². The van der Waals surface area contributed by atoms with E-state index in [4.69, 9.17) is 16.7 Å². The van der Waals surface area contributed by atoms with E-state index in [2.05, 4.69) is 4.90 Å². The van der Waals surface area contributed by atoms with E-state index in [9.17, 15) is 18.6 Å². The number of benzene rings is 2. The maximum Gasteiger partial charge on any atom is 0.238 e. The predicted molar refractivity (Wildman–Crippen MR) is 95.6 cm³/mol. The molecule has 0 bridgehead atoms. The molecule has 0 aliphatic carbocycles. The van der Waals surface area contributed by atoms with Crippen molar-refractivity contribution in [2.75, 3.05) is 20.1 Å². The van der Waals surface area contributed by atoms with Crippen LogP contribution in [0.3, 0.4) is 0 Å². The zero-order valence-corrected chi connectivity index (χ0v) is 15.2. The van der Waals surface area contributed by atoms with Crippen LogP contribution >= 0.6 is 11.6 Å². The second-order valence-electron chi connectivity index (χ2n) is 6.30. The molecule has 3 rings (SSSR count). The van der Waals surface area contributed by atoms with Gasteiger partial charge in [0.2, 0.25) is 10.0 Å². The third kappa shape index (κ3) is 3.46. The quantitative estimate of drug-likeness (QED) is 0.689. The van der Waals surface area contributed by atoms with E-state index in [0.717, 1.165) is 23.2 Å². The molecule has 1 heterocycles. The summed E-state index contributed by atoms with van der Waals surface area (Å²) in [5, 5.41) is 25.2. The minimum absolute atomic E-state index is 0.0463. The highest BCUT2D eigenvalue weighted by Gasteiger charge is 2.27. The second-order valence-corrected chi connectivity index (χ2v) is 8.24. The molecular formula is C17H19ClN2O4S. The van der Waals surface area contributed by atoms with Crippen molar-refractivity contribution in [3.05, 3.63) is 52.0 Å². The molecule has 1 atom stereocenters. The molecule has 8 heteroatoms. The fourth-order valence-electron chi connectivity index (χ4n) is 3.23. The first kappa shape index (κ1) is 18.0. The van der Waals surface area contributed by atoms with Crippen molar-refractivity contribution in [2.24, 2.45) is 5.14 Å². The summed E-state index contributed by atoms with van der Waals surface area (Å²) in [4.78, 5) is 2.17. The molecular weight excluding hydrogens is 364 g/mol. The Kier molecular flexibility index (Phi) is 4.68. The highest BCUT2D eigenvalue weighted by Crippen LogP contribution is 2.43. The van der Waals surface area contributed by atoms with E-state index in [0.29, 0.717) is 13.0 Å². The molecule has 134 valence electrons. The molecule has 0 saturated heterocycles. The van der Waals surface area contributed by atoms with Gasteiger partial charge in [0, 0.05) is 19.0 Å². The zero-order chi connectivity index (χ0) is 18.4. The minimum atomic E-state index is -3.75. The van der Waals surface area contributed by atoms with Crippen molar-refractivity contribution in [3.63, 3.8) is 0 Å². The lowest BCUT2D eigenvalue weighted by Crippen LogP contribution is -2.24. The fraction of sp³-hybridized carbons (Fsp3) is 0.294. The second kappa shape index (κ2) is 6.49. The lowest BCUT2D eigenvalue weighted by molar-refractivity contribution is 0.338. The maximum absolute atomic E-state index is 11.4. The van der Waals surface area contributed by atoms with Crippen molar-refractivity contribution < 1.29 is 18.6 Å². The topological polar surface area (TPSA) is 104 Å². The largest absolute Gasteiger partial charge is 0.504 e. The van der Waals surface area contributed by atoms with E-state index in [1.807, 2.05) is 7.05 Å². The molecule has 6 nitrogen and oxygen atoms in total. The number of fused-ring (bicyclic) bond motifs is 1.